The number of aliphatic hydroxyl groups excluding tert-OH is 1. The Morgan fingerprint density at radius 2 is 2.08 bits per heavy atom. The zero-order chi connectivity index (χ0) is 18.4. The minimum absolute atomic E-state index is 0.0536. The Kier molecular flexibility index (Phi) is 6.46. The van der Waals surface area contributed by atoms with Crippen molar-refractivity contribution in [1.82, 2.24) is 10.3 Å². The monoisotopic (exact) mass is 353 g/mol. The average Bonchev–Trinajstić information content (AvgIpc) is 2.54. The minimum Gasteiger partial charge on any atom is -0.432 e. The molecular weight excluding hydrogens is 332 g/mol. The molecule has 0 aliphatic heterocycles. The number of aliphatic hydroxyl groups is 1. The Labute approximate surface area is 144 Å². The quantitative estimate of drug-likeness (QED) is 0.713. The fourth-order valence-corrected chi connectivity index (χ4v) is 2.55. The fourth-order valence-electron chi connectivity index (χ4n) is 2.55. The van der Waals surface area contributed by atoms with Gasteiger partial charge in [0.2, 0.25) is 0 Å². The summed E-state index contributed by atoms with van der Waals surface area (Å²) < 4.78 is 29.4. The number of nitrogens with zero attached hydrogens (tertiary/aromatic N) is 1. The van der Waals surface area contributed by atoms with Gasteiger partial charge in [-0.25, -0.2) is 4.79 Å². The standard InChI is InChI=1S/C17H21F2N3O3/c1-10(8-11(2)23)9-21-17(24)22-13-5-6-14(25-16(18)19)15-12(13)4-3-7-20-15/h3-7,10-11,16,23H,8-9H2,1-2H3,(H2,21,22,24). The number of hydrogen-bond acceptors (Lipinski definition) is 4. The summed E-state index contributed by atoms with van der Waals surface area (Å²) in [5, 5.41) is 15.2. The van der Waals surface area contributed by atoms with Crippen molar-refractivity contribution < 1.29 is 23.4 Å². The third kappa shape index (κ3) is 5.53. The molecule has 8 heteroatoms. The number of carbonyl (C=O) groups is 1. The zero-order valence-corrected chi connectivity index (χ0v) is 14.0. The number of benzene rings is 1. The molecule has 2 atom stereocenters. The Bertz CT molecular complexity index is 725. The van der Waals surface area contributed by atoms with Crippen LogP contribution in [0.15, 0.2) is 30.5 Å². The van der Waals surface area contributed by atoms with Crippen molar-refractivity contribution in [1.29, 1.82) is 0 Å². The molecule has 0 aliphatic rings. The fraction of sp³-hybridized carbons (Fsp3) is 0.412. The van der Waals surface area contributed by atoms with Crippen LogP contribution < -0.4 is 15.4 Å². The summed E-state index contributed by atoms with van der Waals surface area (Å²) >= 11 is 0. The van der Waals surface area contributed by atoms with Gasteiger partial charge in [-0.2, -0.15) is 8.78 Å². The van der Waals surface area contributed by atoms with Gasteiger partial charge < -0.3 is 20.5 Å². The first kappa shape index (κ1) is 18.9. The molecule has 25 heavy (non-hydrogen) atoms. The molecule has 136 valence electrons. The predicted molar refractivity (Wildman–Crippen MR) is 90.9 cm³/mol. The molecule has 6 nitrogen and oxygen atoms in total. The number of nitrogens with one attached hydrogen (secondary N) is 2. The van der Waals surface area contributed by atoms with Crippen molar-refractivity contribution in [2.75, 3.05) is 11.9 Å². The first-order valence-electron chi connectivity index (χ1n) is 7.92. The van der Waals surface area contributed by atoms with Gasteiger partial charge in [0.05, 0.1) is 11.8 Å². The number of fused-ring (bicyclic) bond motifs is 1. The summed E-state index contributed by atoms with van der Waals surface area (Å²) in [6, 6.07) is 5.70. The topological polar surface area (TPSA) is 83.5 Å². The van der Waals surface area contributed by atoms with Crippen LogP contribution in [0, 0.1) is 5.92 Å². The number of anilines is 1. The van der Waals surface area contributed by atoms with Crippen LogP contribution in [-0.2, 0) is 0 Å². The lowest BCUT2D eigenvalue weighted by Crippen LogP contribution is -2.33. The zero-order valence-electron chi connectivity index (χ0n) is 14.0. The molecule has 0 spiro atoms. The summed E-state index contributed by atoms with van der Waals surface area (Å²) in [6.45, 7) is 1.06. The largest absolute Gasteiger partial charge is 0.432 e. The van der Waals surface area contributed by atoms with Gasteiger partial charge in [-0.05, 0) is 43.5 Å². The van der Waals surface area contributed by atoms with Crippen LogP contribution in [0.5, 0.6) is 5.75 Å². The van der Waals surface area contributed by atoms with Gasteiger partial charge in [0.1, 0.15) is 5.52 Å². The molecule has 2 unspecified atom stereocenters. The van der Waals surface area contributed by atoms with Crippen LogP contribution in [-0.4, -0.2) is 35.4 Å². The van der Waals surface area contributed by atoms with Crippen LogP contribution in [0.4, 0.5) is 19.3 Å². The van der Waals surface area contributed by atoms with Crippen molar-refractivity contribution in [3.8, 4) is 5.75 Å². The molecule has 2 rings (SSSR count). The highest BCUT2D eigenvalue weighted by atomic mass is 19.3. The van der Waals surface area contributed by atoms with E-state index in [4.69, 9.17) is 0 Å². The first-order chi connectivity index (χ1) is 11.9. The van der Waals surface area contributed by atoms with E-state index in [1.54, 1.807) is 19.1 Å². The van der Waals surface area contributed by atoms with E-state index in [0.717, 1.165) is 0 Å². The molecule has 0 aliphatic carbocycles. The van der Waals surface area contributed by atoms with Gasteiger partial charge in [-0.15, -0.1) is 0 Å². The van der Waals surface area contributed by atoms with E-state index in [2.05, 4.69) is 20.4 Å². The number of halogens is 2. The summed E-state index contributed by atoms with van der Waals surface area (Å²) in [4.78, 5) is 16.1. The van der Waals surface area contributed by atoms with Crippen LogP contribution in [0.2, 0.25) is 0 Å². The molecule has 1 aromatic heterocycles. The second-order valence-electron chi connectivity index (χ2n) is 5.91. The Morgan fingerprint density at radius 1 is 1.32 bits per heavy atom. The van der Waals surface area contributed by atoms with E-state index in [1.807, 2.05) is 6.92 Å². The Morgan fingerprint density at radius 3 is 2.76 bits per heavy atom. The van der Waals surface area contributed by atoms with Gasteiger partial charge in [0.25, 0.3) is 0 Å². The molecular formula is C17H21F2N3O3. The number of rotatable bonds is 7. The minimum atomic E-state index is -2.96. The molecule has 3 N–H and O–H groups in total. The van der Waals surface area contributed by atoms with E-state index in [-0.39, 0.29) is 17.2 Å². The lowest BCUT2D eigenvalue weighted by atomic mass is 10.1. The number of urea groups is 1. The van der Waals surface area contributed by atoms with Crippen molar-refractivity contribution in [3.05, 3.63) is 30.5 Å². The molecule has 1 heterocycles. The van der Waals surface area contributed by atoms with Crippen molar-refractivity contribution in [3.63, 3.8) is 0 Å². The maximum absolute atomic E-state index is 12.5. The number of amides is 2. The second kappa shape index (κ2) is 8.57. The molecule has 0 saturated carbocycles. The van der Waals surface area contributed by atoms with E-state index in [0.29, 0.717) is 24.0 Å². The summed E-state index contributed by atoms with van der Waals surface area (Å²) in [5.41, 5.74) is 0.675. The highest BCUT2D eigenvalue weighted by molar-refractivity contribution is 6.02. The maximum atomic E-state index is 12.5. The van der Waals surface area contributed by atoms with E-state index < -0.39 is 18.7 Å². The van der Waals surface area contributed by atoms with Gasteiger partial charge in [0.15, 0.2) is 5.75 Å². The van der Waals surface area contributed by atoms with Crippen LogP contribution in [0.25, 0.3) is 10.9 Å². The molecule has 1 aromatic carbocycles. The summed E-state index contributed by atoms with van der Waals surface area (Å²) in [5.74, 6) is 0.0630. The van der Waals surface area contributed by atoms with Crippen molar-refractivity contribution >= 4 is 22.6 Å². The summed E-state index contributed by atoms with van der Waals surface area (Å²) in [6.07, 6.45) is 1.60. The third-order valence-electron chi connectivity index (χ3n) is 3.55. The number of ether oxygens (including phenoxy) is 1. The molecule has 0 radical (unpaired) electrons. The Balaban J connectivity index is 2.09. The number of carbonyl (C=O) groups excluding carboxylic acids is 1. The first-order valence-corrected chi connectivity index (χ1v) is 7.92. The van der Waals surface area contributed by atoms with Gasteiger partial charge >= 0.3 is 12.6 Å². The lowest BCUT2D eigenvalue weighted by molar-refractivity contribution is -0.0489. The number of hydrogen-bond donors (Lipinski definition) is 3. The van der Waals surface area contributed by atoms with Crippen molar-refractivity contribution in [2.24, 2.45) is 5.92 Å². The second-order valence-corrected chi connectivity index (χ2v) is 5.91. The van der Waals surface area contributed by atoms with Gasteiger partial charge in [-0.1, -0.05) is 6.92 Å². The van der Waals surface area contributed by atoms with Gasteiger partial charge in [0, 0.05) is 18.1 Å². The highest BCUT2D eigenvalue weighted by Gasteiger charge is 2.14. The van der Waals surface area contributed by atoms with Crippen molar-refractivity contribution in [2.45, 2.75) is 33.0 Å². The SMILES string of the molecule is CC(O)CC(C)CNC(=O)Nc1ccc(OC(F)F)c2ncccc12. The van der Waals surface area contributed by atoms with E-state index >= 15 is 0 Å². The normalized spacial score (nSPS) is 13.5. The van der Waals surface area contributed by atoms with Crippen LogP contribution in [0.1, 0.15) is 20.3 Å². The third-order valence-corrected chi connectivity index (χ3v) is 3.55. The van der Waals surface area contributed by atoms with E-state index in [1.165, 1.54) is 18.3 Å². The smallest absolute Gasteiger partial charge is 0.387 e. The molecule has 0 fully saturated rings. The van der Waals surface area contributed by atoms with E-state index in [9.17, 15) is 18.7 Å². The number of alkyl halides is 2. The number of pyridine rings is 1. The lowest BCUT2D eigenvalue weighted by Gasteiger charge is -2.16. The van der Waals surface area contributed by atoms with Crippen LogP contribution >= 0.6 is 0 Å². The predicted octanol–water partition coefficient (Wildman–Crippen LogP) is 3.36. The molecule has 0 saturated heterocycles. The average molecular weight is 353 g/mol. The highest BCUT2D eigenvalue weighted by Crippen LogP contribution is 2.30. The Hall–Kier alpha value is -2.48. The maximum Gasteiger partial charge on any atom is 0.387 e. The van der Waals surface area contributed by atoms with Gasteiger partial charge in [-0.3, -0.25) is 4.98 Å². The molecule has 0 bridgehead atoms. The number of aromatic nitrogens is 1. The molecule has 2 aromatic rings. The van der Waals surface area contributed by atoms with Crippen LogP contribution in [0.3, 0.4) is 0 Å². The molecule has 2 amide bonds. The summed E-state index contributed by atoms with van der Waals surface area (Å²) in [7, 11) is 0.